The molecule has 9 heteroatoms. The Balaban J connectivity index is 1.42. The van der Waals surface area contributed by atoms with Gasteiger partial charge in [0.15, 0.2) is 0 Å². The lowest BCUT2D eigenvalue weighted by molar-refractivity contribution is 0.313. The lowest BCUT2D eigenvalue weighted by Gasteiger charge is -2.33. The van der Waals surface area contributed by atoms with Crippen LogP contribution in [-0.2, 0) is 6.54 Å². The van der Waals surface area contributed by atoms with Crippen LogP contribution in [0, 0.1) is 0 Å². The first kappa shape index (κ1) is 21.0. The molecule has 168 valence electrons. The van der Waals surface area contributed by atoms with Gasteiger partial charge in [-0.15, -0.1) is 0 Å². The number of pyridine rings is 2. The highest BCUT2D eigenvalue weighted by atomic mass is 16.1. The maximum Gasteiger partial charge on any atom is 0.274 e. The first-order chi connectivity index (χ1) is 16.1. The van der Waals surface area contributed by atoms with E-state index in [1.165, 1.54) is 6.20 Å². The molecule has 3 aromatic heterocycles. The van der Waals surface area contributed by atoms with E-state index in [2.05, 4.69) is 43.2 Å². The van der Waals surface area contributed by atoms with Crippen molar-refractivity contribution in [2.24, 2.45) is 5.73 Å². The fraction of sp³-hybridized carbons (Fsp3) is 0.250. The first-order valence-electron chi connectivity index (χ1n) is 10.9. The van der Waals surface area contributed by atoms with Gasteiger partial charge in [-0.1, -0.05) is 12.1 Å². The fourth-order valence-electron chi connectivity index (χ4n) is 3.98. The molecule has 1 aromatic carbocycles. The van der Waals surface area contributed by atoms with Crippen LogP contribution in [0.3, 0.4) is 0 Å². The normalized spacial score (nSPS) is 14.5. The van der Waals surface area contributed by atoms with E-state index >= 15 is 0 Å². The zero-order valence-electron chi connectivity index (χ0n) is 18.5. The van der Waals surface area contributed by atoms with Crippen LogP contribution < -0.4 is 21.5 Å². The standard InChI is InChI=1S/C24H26N8O/c1-30-8-10-31(11-9-30)19-6-7-22(27-14-19)29-23-12-21-20(15-28-23)26-16-24(33)32(21)18-4-2-17(13-25)3-5-18/h2-7,12,14-16H,8-11,13,25H2,1H3,(H,27,28,29). The van der Waals surface area contributed by atoms with E-state index in [0.717, 1.165) is 43.1 Å². The van der Waals surface area contributed by atoms with Crippen LogP contribution in [0.1, 0.15) is 5.56 Å². The predicted octanol–water partition coefficient (Wildman–Crippen LogP) is 2.13. The summed E-state index contributed by atoms with van der Waals surface area (Å²) in [6, 6.07) is 13.4. The molecule has 0 aliphatic carbocycles. The number of hydrogen-bond acceptors (Lipinski definition) is 8. The highest BCUT2D eigenvalue weighted by Crippen LogP contribution is 2.22. The number of nitrogens with one attached hydrogen (secondary N) is 1. The summed E-state index contributed by atoms with van der Waals surface area (Å²) >= 11 is 0. The van der Waals surface area contributed by atoms with Crippen molar-refractivity contribution in [2.45, 2.75) is 6.54 Å². The Morgan fingerprint density at radius 2 is 1.61 bits per heavy atom. The van der Waals surface area contributed by atoms with Gasteiger partial charge in [-0.05, 0) is 36.9 Å². The first-order valence-corrected chi connectivity index (χ1v) is 10.9. The summed E-state index contributed by atoms with van der Waals surface area (Å²) in [6.07, 6.45) is 4.85. The number of fused-ring (bicyclic) bond motifs is 1. The lowest BCUT2D eigenvalue weighted by Crippen LogP contribution is -2.44. The number of rotatable bonds is 5. The molecule has 0 spiro atoms. The number of anilines is 3. The molecule has 5 rings (SSSR count). The quantitative estimate of drug-likeness (QED) is 0.484. The number of nitrogens with two attached hydrogens (primary N) is 1. The fourth-order valence-corrected chi connectivity index (χ4v) is 3.98. The van der Waals surface area contributed by atoms with E-state index < -0.39 is 0 Å². The molecule has 0 radical (unpaired) electrons. The lowest BCUT2D eigenvalue weighted by atomic mass is 10.2. The summed E-state index contributed by atoms with van der Waals surface area (Å²) in [7, 11) is 2.14. The summed E-state index contributed by atoms with van der Waals surface area (Å²) in [5.74, 6) is 1.27. The maximum absolute atomic E-state index is 12.7. The second-order valence-electron chi connectivity index (χ2n) is 8.18. The van der Waals surface area contributed by atoms with Crippen molar-refractivity contribution in [3.63, 3.8) is 0 Å². The molecule has 1 aliphatic rings. The van der Waals surface area contributed by atoms with Crippen LogP contribution in [0.25, 0.3) is 16.7 Å². The summed E-state index contributed by atoms with van der Waals surface area (Å²) in [5.41, 5.74) is 9.64. The Morgan fingerprint density at radius 3 is 2.30 bits per heavy atom. The molecular weight excluding hydrogens is 416 g/mol. The number of hydrogen-bond donors (Lipinski definition) is 2. The number of benzene rings is 1. The molecule has 1 fully saturated rings. The third kappa shape index (κ3) is 4.41. The molecule has 0 unspecified atom stereocenters. The molecule has 0 saturated carbocycles. The van der Waals surface area contributed by atoms with Crippen molar-refractivity contribution >= 4 is 28.4 Å². The second kappa shape index (κ2) is 8.97. The van der Waals surface area contributed by atoms with Crippen LogP contribution in [0.4, 0.5) is 17.3 Å². The van der Waals surface area contributed by atoms with E-state index in [-0.39, 0.29) is 5.56 Å². The summed E-state index contributed by atoms with van der Waals surface area (Å²) in [6.45, 7) is 4.53. The highest BCUT2D eigenvalue weighted by molar-refractivity contribution is 5.79. The van der Waals surface area contributed by atoms with Crippen LogP contribution >= 0.6 is 0 Å². The van der Waals surface area contributed by atoms with Crippen LogP contribution in [0.15, 0.2) is 65.8 Å². The monoisotopic (exact) mass is 442 g/mol. The maximum atomic E-state index is 12.7. The van der Waals surface area contributed by atoms with Gasteiger partial charge in [0.1, 0.15) is 17.2 Å². The topological polar surface area (TPSA) is 105 Å². The smallest absolute Gasteiger partial charge is 0.274 e. The summed E-state index contributed by atoms with van der Waals surface area (Å²) in [5, 5.41) is 3.24. The number of likely N-dealkylation sites (N-methyl/N-ethyl adjacent to an activating group) is 1. The highest BCUT2D eigenvalue weighted by Gasteiger charge is 2.15. The van der Waals surface area contributed by atoms with Crippen molar-refractivity contribution in [2.75, 3.05) is 43.4 Å². The van der Waals surface area contributed by atoms with Crippen molar-refractivity contribution in [3.05, 3.63) is 77.0 Å². The van der Waals surface area contributed by atoms with Crippen LogP contribution in [-0.4, -0.2) is 57.6 Å². The average molecular weight is 443 g/mol. The van der Waals surface area contributed by atoms with Gasteiger partial charge in [-0.3, -0.25) is 9.36 Å². The average Bonchev–Trinajstić information content (AvgIpc) is 2.85. The van der Waals surface area contributed by atoms with Crippen molar-refractivity contribution in [3.8, 4) is 5.69 Å². The second-order valence-corrected chi connectivity index (χ2v) is 8.18. The third-order valence-electron chi connectivity index (χ3n) is 5.94. The van der Waals surface area contributed by atoms with Gasteiger partial charge in [-0.25, -0.2) is 15.0 Å². The Hall–Kier alpha value is -3.82. The largest absolute Gasteiger partial charge is 0.368 e. The van der Waals surface area contributed by atoms with E-state index in [4.69, 9.17) is 5.73 Å². The van der Waals surface area contributed by atoms with Crippen molar-refractivity contribution in [1.82, 2.24) is 24.4 Å². The SMILES string of the molecule is CN1CCN(c2ccc(Nc3cc4c(cn3)ncc(=O)n4-c3ccc(CN)cc3)nc2)CC1. The van der Waals surface area contributed by atoms with Crippen molar-refractivity contribution in [1.29, 1.82) is 0 Å². The summed E-state index contributed by atoms with van der Waals surface area (Å²) < 4.78 is 1.62. The van der Waals surface area contributed by atoms with Gasteiger partial charge in [0.05, 0.1) is 29.8 Å². The number of nitrogens with zero attached hydrogens (tertiary/aromatic N) is 6. The molecule has 0 bridgehead atoms. The van der Waals surface area contributed by atoms with Crippen molar-refractivity contribution < 1.29 is 0 Å². The minimum atomic E-state index is -0.213. The molecule has 1 aliphatic heterocycles. The molecule has 3 N–H and O–H groups in total. The molecule has 0 atom stereocenters. The summed E-state index contributed by atoms with van der Waals surface area (Å²) in [4.78, 5) is 30.6. The van der Waals surface area contributed by atoms with E-state index in [1.54, 1.807) is 10.8 Å². The van der Waals surface area contributed by atoms with Gasteiger partial charge in [-0.2, -0.15) is 0 Å². The third-order valence-corrected chi connectivity index (χ3v) is 5.94. The van der Waals surface area contributed by atoms with Gasteiger partial charge < -0.3 is 20.9 Å². The van der Waals surface area contributed by atoms with E-state index in [1.807, 2.05) is 42.6 Å². The minimum Gasteiger partial charge on any atom is -0.368 e. The predicted molar refractivity (Wildman–Crippen MR) is 130 cm³/mol. The molecule has 33 heavy (non-hydrogen) atoms. The number of piperazine rings is 1. The Kier molecular flexibility index (Phi) is 5.72. The van der Waals surface area contributed by atoms with Gasteiger partial charge >= 0.3 is 0 Å². The van der Waals surface area contributed by atoms with Crippen LogP contribution in [0.5, 0.6) is 0 Å². The Morgan fingerprint density at radius 1 is 0.879 bits per heavy atom. The Labute approximate surface area is 191 Å². The minimum absolute atomic E-state index is 0.213. The number of aromatic nitrogens is 4. The van der Waals surface area contributed by atoms with Crippen LogP contribution in [0.2, 0.25) is 0 Å². The molecule has 4 heterocycles. The Bertz CT molecular complexity index is 1310. The molecule has 0 amide bonds. The molecule has 4 aromatic rings. The molecule has 1 saturated heterocycles. The van der Waals surface area contributed by atoms with E-state index in [9.17, 15) is 4.79 Å². The van der Waals surface area contributed by atoms with Gasteiger partial charge in [0.2, 0.25) is 0 Å². The van der Waals surface area contributed by atoms with Gasteiger partial charge in [0.25, 0.3) is 5.56 Å². The molecular formula is C24H26N8O. The van der Waals surface area contributed by atoms with Gasteiger partial charge in [0, 0.05) is 44.5 Å². The zero-order valence-corrected chi connectivity index (χ0v) is 18.5. The van der Waals surface area contributed by atoms with E-state index in [0.29, 0.717) is 29.2 Å². The zero-order chi connectivity index (χ0) is 22.8. The molecule has 9 nitrogen and oxygen atoms in total.